The van der Waals surface area contributed by atoms with Crippen LogP contribution in [0, 0.1) is 13.8 Å². The molecule has 1 aromatic heterocycles. The minimum absolute atomic E-state index is 0.0300. The largest absolute Gasteiger partial charge is 0.493 e. The van der Waals surface area contributed by atoms with Gasteiger partial charge in [0.05, 0.1) is 25.4 Å². The Balaban J connectivity index is 2.16. The molecule has 0 saturated heterocycles. The second-order valence-electron chi connectivity index (χ2n) is 6.61. The van der Waals surface area contributed by atoms with Crippen LogP contribution in [0.1, 0.15) is 47.1 Å². The van der Waals surface area contributed by atoms with Gasteiger partial charge in [0.25, 0.3) is 0 Å². The van der Waals surface area contributed by atoms with Crippen LogP contribution < -0.4 is 14.8 Å². The number of carbonyl (C=O) groups is 2. The van der Waals surface area contributed by atoms with Crippen LogP contribution in [0.2, 0.25) is 0 Å². The van der Waals surface area contributed by atoms with Gasteiger partial charge in [-0.25, -0.2) is 4.79 Å². The number of methoxy groups -OCH3 is 1. The summed E-state index contributed by atoms with van der Waals surface area (Å²) in [7, 11) is 1.57. The van der Waals surface area contributed by atoms with Crippen LogP contribution in [0.5, 0.6) is 11.5 Å². The molecule has 0 saturated carbocycles. The Bertz CT molecular complexity index is 914. The highest BCUT2D eigenvalue weighted by Gasteiger charge is 2.21. The molecule has 0 atom stereocenters. The maximum atomic E-state index is 12.4. The molecule has 2 aromatic rings. The summed E-state index contributed by atoms with van der Waals surface area (Å²) in [5.41, 5.74) is 2.02. The number of nitrogens with one attached hydrogen (secondary N) is 1. The summed E-state index contributed by atoms with van der Waals surface area (Å²) in [5.74, 6) is 0.473. The molecule has 0 aliphatic heterocycles. The number of aryl methyl sites for hydroxylation is 1. The highest BCUT2D eigenvalue weighted by molar-refractivity contribution is 7.16. The van der Waals surface area contributed by atoms with Crippen molar-refractivity contribution in [1.82, 2.24) is 0 Å². The fraction of sp³-hybridized carbons (Fsp3) is 0.364. The fourth-order valence-corrected chi connectivity index (χ4v) is 3.68. The van der Waals surface area contributed by atoms with Crippen molar-refractivity contribution in [2.75, 3.05) is 19.0 Å². The first-order valence-corrected chi connectivity index (χ1v) is 10.2. The van der Waals surface area contributed by atoms with Crippen molar-refractivity contribution >= 4 is 34.3 Å². The predicted molar refractivity (Wildman–Crippen MR) is 116 cm³/mol. The second-order valence-corrected chi connectivity index (χ2v) is 7.83. The van der Waals surface area contributed by atoms with Gasteiger partial charge in [0, 0.05) is 11.0 Å². The van der Waals surface area contributed by atoms with E-state index in [-0.39, 0.29) is 18.6 Å². The van der Waals surface area contributed by atoms with Gasteiger partial charge >= 0.3 is 5.97 Å². The van der Waals surface area contributed by atoms with Crippen molar-refractivity contribution in [3.8, 4) is 11.5 Å². The number of ether oxygens (including phenoxy) is 3. The Morgan fingerprint density at radius 1 is 1.21 bits per heavy atom. The van der Waals surface area contributed by atoms with Gasteiger partial charge in [0.15, 0.2) is 11.5 Å². The van der Waals surface area contributed by atoms with E-state index in [0.29, 0.717) is 22.1 Å². The van der Waals surface area contributed by atoms with E-state index in [1.807, 2.05) is 33.8 Å². The molecular weight excluding hydrogens is 390 g/mol. The minimum Gasteiger partial charge on any atom is -0.493 e. The first kappa shape index (κ1) is 22.5. The number of rotatable bonds is 8. The molecule has 0 fully saturated rings. The highest BCUT2D eigenvalue weighted by Crippen LogP contribution is 2.33. The highest BCUT2D eigenvalue weighted by atomic mass is 32.1. The molecule has 0 radical (unpaired) electrons. The summed E-state index contributed by atoms with van der Waals surface area (Å²) >= 11 is 1.36. The zero-order valence-electron chi connectivity index (χ0n) is 17.6. The first-order chi connectivity index (χ1) is 13.8. The van der Waals surface area contributed by atoms with E-state index in [4.69, 9.17) is 14.2 Å². The van der Waals surface area contributed by atoms with Crippen LogP contribution in [0.15, 0.2) is 24.3 Å². The number of carbonyl (C=O) groups excluding carboxylic acids is 2. The Labute approximate surface area is 175 Å². The zero-order valence-corrected chi connectivity index (χ0v) is 18.4. The number of amides is 1. The van der Waals surface area contributed by atoms with Crippen molar-refractivity contribution in [3.63, 3.8) is 0 Å². The Kier molecular flexibility index (Phi) is 7.84. The average Bonchev–Trinajstić information content (AvgIpc) is 2.94. The maximum Gasteiger partial charge on any atom is 0.341 e. The van der Waals surface area contributed by atoms with Gasteiger partial charge in [-0.15, -0.1) is 11.3 Å². The molecule has 0 aliphatic carbocycles. The monoisotopic (exact) mass is 417 g/mol. The lowest BCUT2D eigenvalue weighted by atomic mass is 10.1. The maximum absolute atomic E-state index is 12.4. The molecule has 2 rings (SSSR count). The standard InChI is InChI=1S/C22H27NO5S/c1-7-27-22(25)20-14(4)15(5)29-21(20)23-19(24)11-9-16-8-10-17(28-13(2)3)18(12-16)26-6/h8-13H,7H2,1-6H3,(H,23,24). The number of benzene rings is 1. The van der Waals surface area contributed by atoms with Gasteiger partial charge < -0.3 is 19.5 Å². The molecule has 6 nitrogen and oxygen atoms in total. The number of esters is 1. The molecule has 0 aliphatic rings. The van der Waals surface area contributed by atoms with Gasteiger partial charge in [-0.1, -0.05) is 6.07 Å². The van der Waals surface area contributed by atoms with Crippen molar-refractivity contribution in [2.45, 2.75) is 40.7 Å². The molecular formula is C22H27NO5S. The molecule has 156 valence electrons. The Hall–Kier alpha value is -2.80. The van der Waals surface area contributed by atoms with E-state index in [2.05, 4.69) is 5.32 Å². The molecule has 7 heteroatoms. The van der Waals surface area contributed by atoms with Crippen LogP contribution in [-0.2, 0) is 9.53 Å². The third-order valence-electron chi connectivity index (χ3n) is 4.08. The minimum atomic E-state index is -0.431. The van der Waals surface area contributed by atoms with Crippen molar-refractivity contribution in [3.05, 3.63) is 45.8 Å². The van der Waals surface area contributed by atoms with Crippen molar-refractivity contribution in [2.24, 2.45) is 0 Å². The summed E-state index contributed by atoms with van der Waals surface area (Å²) < 4.78 is 16.2. The lowest BCUT2D eigenvalue weighted by molar-refractivity contribution is -0.111. The van der Waals surface area contributed by atoms with E-state index in [0.717, 1.165) is 16.0 Å². The molecule has 29 heavy (non-hydrogen) atoms. The van der Waals surface area contributed by atoms with Crippen LogP contribution in [0.3, 0.4) is 0 Å². The molecule has 1 aromatic carbocycles. The van der Waals surface area contributed by atoms with Crippen molar-refractivity contribution in [1.29, 1.82) is 0 Å². The summed E-state index contributed by atoms with van der Waals surface area (Å²) in [6.45, 7) is 9.65. The topological polar surface area (TPSA) is 73.9 Å². The van der Waals surface area contributed by atoms with Crippen LogP contribution >= 0.6 is 11.3 Å². The first-order valence-electron chi connectivity index (χ1n) is 9.37. The summed E-state index contributed by atoms with van der Waals surface area (Å²) in [5, 5.41) is 3.28. The Morgan fingerprint density at radius 3 is 2.55 bits per heavy atom. The molecule has 0 unspecified atom stereocenters. The van der Waals surface area contributed by atoms with Gasteiger partial charge in [-0.2, -0.15) is 0 Å². The fourth-order valence-electron chi connectivity index (χ4n) is 2.63. The number of anilines is 1. The number of thiophene rings is 1. The molecule has 0 bridgehead atoms. The van der Waals surface area contributed by atoms with Gasteiger partial charge in [-0.05, 0) is 64.0 Å². The van der Waals surface area contributed by atoms with E-state index in [1.165, 1.54) is 17.4 Å². The van der Waals surface area contributed by atoms with Crippen molar-refractivity contribution < 1.29 is 23.8 Å². The quantitative estimate of drug-likeness (QED) is 0.484. The third kappa shape index (κ3) is 5.84. The van der Waals surface area contributed by atoms with E-state index < -0.39 is 5.97 Å². The number of hydrogen-bond donors (Lipinski definition) is 1. The van der Waals surface area contributed by atoms with Crippen LogP contribution in [-0.4, -0.2) is 31.7 Å². The van der Waals surface area contributed by atoms with Crippen LogP contribution in [0.4, 0.5) is 5.00 Å². The van der Waals surface area contributed by atoms with Gasteiger partial charge in [0.2, 0.25) is 5.91 Å². The molecule has 1 N–H and O–H groups in total. The van der Waals surface area contributed by atoms with E-state index in [1.54, 1.807) is 32.2 Å². The molecule has 0 spiro atoms. The Morgan fingerprint density at radius 2 is 1.93 bits per heavy atom. The lowest BCUT2D eigenvalue weighted by Crippen LogP contribution is -2.12. The summed E-state index contributed by atoms with van der Waals surface area (Å²) in [6.07, 6.45) is 3.12. The van der Waals surface area contributed by atoms with Crippen LogP contribution in [0.25, 0.3) is 6.08 Å². The molecule has 1 heterocycles. The van der Waals surface area contributed by atoms with E-state index in [9.17, 15) is 9.59 Å². The van der Waals surface area contributed by atoms with Gasteiger partial charge in [0.1, 0.15) is 5.00 Å². The second kappa shape index (κ2) is 10.1. The lowest BCUT2D eigenvalue weighted by Gasteiger charge is -2.13. The van der Waals surface area contributed by atoms with E-state index >= 15 is 0 Å². The SMILES string of the molecule is CCOC(=O)c1c(NC(=O)C=Cc2ccc(OC(C)C)c(OC)c2)sc(C)c1C. The summed E-state index contributed by atoms with van der Waals surface area (Å²) in [6, 6.07) is 5.44. The third-order valence-corrected chi connectivity index (χ3v) is 5.20. The number of hydrogen-bond acceptors (Lipinski definition) is 6. The van der Waals surface area contributed by atoms with Gasteiger partial charge in [-0.3, -0.25) is 4.79 Å². The molecule has 1 amide bonds. The summed E-state index contributed by atoms with van der Waals surface area (Å²) in [4.78, 5) is 25.6. The normalized spacial score (nSPS) is 11.0. The predicted octanol–water partition coefficient (Wildman–Crippen LogP) is 4.99. The average molecular weight is 418 g/mol. The smallest absolute Gasteiger partial charge is 0.341 e. The zero-order chi connectivity index (χ0) is 21.6.